The number of aliphatic hydroxyl groups is 1. The number of nitrogens with zero attached hydrogens (tertiary/aromatic N) is 3. The number of halogens is 1. The molecule has 28 heavy (non-hydrogen) atoms. The van der Waals surface area contributed by atoms with Gasteiger partial charge in [-0.3, -0.25) is 5.43 Å². The molecular formula is C20H17FN4OS2. The minimum absolute atomic E-state index is 0.0268. The molecule has 0 aliphatic rings. The normalized spacial score (nSPS) is 11.5. The van der Waals surface area contributed by atoms with Crippen LogP contribution in [0.2, 0.25) is 0 Å². The van der Waals surface area contributed by atoms with Gasteiger partial charge in [0.15, 0.2) is 5.82 Å². The van der Waals surface area contributed by atoms with Gasteiger partial charge in [-0.05, 0) is 36.2 Å². The number of aliphatic hydroxyl groups excluding tert-OH is 1. The second-order valence-corrected chi connectivity index (χ2v) is 8.49. The monoisotopic (exact) mass is 412 g/mol. The predicted octanol–water partition coefficient (Wildman–Crippen LogP) is 4.73. The third-order valence-electron chi connectivity index (χ3n) is 4.22. The van der Waals surface area contributed by atoms with Crippen LogP contribution in [0.4, 0.5) is 10.2 Å². The molecule has 1 aromatic carbocycles. The number of fused-ring (bicyclic) bond motifs is 1. The van der Waals surface area contributed by atoms with Crippen LogP contribution in [0.15, 0.2) is 47.8 Å². The van der Waals surface area contributed by atoms with Gasteiger partial charge in [0.05, 0.1) is 23.1 Å². The van der Waals surface area contributed by atoms with Crippen LogP contribution in [0, 0.1) is 12.7 Å². The lowest BCUT2D eigenvalue weighted by Gasteiger charge is -2.00. The first-order valence-electron chi connectivity index (χ1n) is 8.60. The number of anilines is 1. The largest absolute Gasteiger partial charge is 0.391 e. The second kappa shape index (κ2) is 8.14. The molecule has 8 heteroatoms. The van der Waals surface area contributed by atoms with Crippen LogP contribution in [0.25, 0.3) is 10.2 Å². The van der Waals surface area contributed by atoms with Gasteiger partial charge in [0.2, 0.25) is 0 Å². The van der Waals surface area contributed by atoms with E-state index in [1.54, 1.807) is 18.3 Å². The molecule has 0 fully saturated rings. The van der Waals surface area contributed by atoms with Crippen LogP contribution >= 0.6 is 22.7 Å². The summed E-state index contributed by atoms with van der Waals surface area (Å²) in [6, 6.07) is 10.7. The van der Waals surface area contributed by atoms with Crippen molar-refractivity contribution in [3.63, 3.8) is 0 Å². The lowest BCUT2D eigenvalue weighted by Crippen LogP contribution is -1.94. The maximum absolute atomic E-state index is 13.9. The van der Waals surface area contributed by atoms with Crippen LogP contribution in [-0.2, 0) is 13.0 Å². The van der Waals surface area contributed by atoms with E-state index < -0.39 is 0 Å². The third-order valence-corrected chi connectivity index (χ3v) is 6.42. The number of hydrogen-bond donors (Lipinski definition) is 2. The smallest absolute Gasteiger partial charge is 0.158 e. The highest BCUT2D eigenvalue weighted by molar-refractivity contribution is 7.18. The van der Waals surface area contributed by atoms with Crippen LogP contribution in [0.3, 0.4) is 0 Å². The Balaban J connectivity index is 1.56. The Morgan fingerprint density at radius 1 is 1.18 bits per heavy atom. The summed E-state index contributed by atoms with van der Waals surface area (Å²) in [7, 11) is 0. The molecule has 2 N–H and O–H groups in total. The summed E-state index contributed by atoms with van der Waals surface area (Å²) in [5.41, 5.74) is 4.69. The van der Waals surface area contributed by atoms with Gasteiger partial charge in [-0.15, -0.1) is 22.7 Å². The molecule has 0 radical (unpaired) electrons. The van der Waals surface area contributed by atoms with Crippen LogP contribution in [0.5, 0.6) is 0 Å². The van der Waals surface area contributed by atoms with E-state index in [0.29, 0.717) is 17.8 Å². The number of rotatable bonds is 6. The Morgan fingerprint density at radius 3 is 2.82 bits per heavy atom. The summed E-state index contributed by atoms with van der Waals surface area (Å²) >= 11 is 3.02. The molecule has 0 saturated heterocycles. The number of hydrazone groups is 1. The lowest BCUT2D eigenvalue weighted by molar-refractivity contribution is 0.285. The van der Waals surface area contributed by atoms with E-state index in [2.05, 4.69) is 20.5 Å². The number of thiophene rings is 2. The summed E-state index contributed by atoms with van der Waals surface area (Å²) in [4.78, 5) is 12.3. The zero-order chi connectivity index (χ0) is 19.5. The highest BCUT2D eigenvalue weighted by Gasteiger charge is 2.11. The molecule has 0 unspecified atom stereocenters. The Morgan fingerprint density at radius 2 is 2.04 bits per heavy atom. The highest BCUT2D eigenvalue weighted by Crippen LogP contribution is 2.30. The van der Waals surface area contributed by atoms with Crippen molar-refractivity contribution in [1.82, 2.24) is 9.97 Å². The standard InChI is InChI=1S/C20H17FN4OS2/c1-12-6-15(10-26)27-18(12)9-24-25-19-16-8-14(28-20(16)23-11-22-19)7-13-4-2-3-5-17(13)21/h2-6,8-9,11,26H,7,10H2,1H3,(H,22,23,25). The van der Waals surface area contributed by atoms with E-state index in [-0.39, 0.29) is 12.4 Å². The zero-order valence-electron chi connectivity index (χ0n) is 15.0. The maximum atomic E-state index is 13.9. The molecule has 142 valence electrons. The molecule has 0 atom stereocenters. The van der Waals surface area contributed by atoms with E-state index in [9.17, 15) is 9.50 Å². The molecule has 3 heterocycles. The lowest BCUT2D eigenvalue weighted by atomic mass is 10.1. The molecule has 0 saturated carbocycles. The van der Waals surface area contributed by atoms with E-state index in [1.165, 1.54) is 35.1 Å². The Labute approximate surface area is 169 Å². The predicted molar refractivity (Wildman–Crippen MR) is 113 cm³/mol. The molecule has 4 rings (SSSR count). The molecule has 5 nitrogen and oxygen atoms in total. The molecule has 0 bridgehead atoms. The molecule has 0 spiro atoms. The highest BCUT2D eigenvalue weighted by atomic mass is 32.1. The number of nitrogens with one attached hydrogen (secondary N) is 1. The van der Waals surface area contributed by atoms with Gasteiger partial charge in [-0.2, -0.15) is 5.10 Å². The third kappa shape index (κ3) is 3.94. The SMILES string of the molecule is Cc1cc(CO)sc1C=NNc1ncnc2sc(Cc3ccccc3F)cc12. The van der Waals surface area contributed by atoms with Gasteiger partial charge in [0.25, 0.3) is 0 Å². The average Bonchev–Trinajstić information content (AvgIpc) is 3.27. The van der Waals surface area contributed by atoms with Crippen molar-refractivity contribution >= 4 is 44.9 Å². The fourth-order valence-corrected chi connectivity index (χ4v) is 4.76. The quantitative estimate of drug-likeness (QED) is 0.355. The maximum Gasteiger partial charge on any atom is 0.158 e. The average molecular weight is 413 g/mol. The Kier molecular flexibility index (Phi) is 5.43. The van der Waals surface area contributed by atoms with Crippen molar-refractivity contribution in [2.75, 3.05) is 5.43 Å². The Bertz CT molecular complexity index is 1150. The van der Waals surface area contributed by atoms with Gasteiger partial charge in [-0.25, -0.2) is 14.4 Å². The van der Waals surface area contributed by atoms with Gasteiger partial charge >= 0.3 is 0 Å². The molecule has 0 amide bonds. The first-order chi connectivity index (χ1) is 13.6. The number of benzene rings is 1. The van der Waals surface area contributed by atoms with Gasteiger partial charge in [0, 0.05) is 16.2 Å². The summed E-state index contributed by atoms with van der Waals surface area (Å²) in [6.07, 6.45) is 3.72. The van der Waals surface area contributed by atoms with Gasteiger partial charge in [-0.1, -0.05) is 18.2 Å². The summed E-state index contributed by atoms with van der Waals surface area (Å²) in [5, 5.41) is 14.4. The van der Waals surface area contributed by atoms with E-state index in [0.717, 1.165) is 30.4 Å². The van der Waals surface area contributed by atoms with E-state index in [1.807, 2.05) is 25.1 Å². The minimum Gasteiger partial charge on any atom is -0.391 e. The van der Waals surface area contributed by atoms with Gasteiger partial charge < -0.3 is 5.11 Å². The molecule has 4 aromatic rings. The molecule has 0 aliphatic heterocycles. The van der Waals surface area contributed by atoms with Crippen molar-refractivity contribution in [3.05, 3.63) is 74.3 Å². The fraction of sp³-hybridized carbons (Fsp3) is 0.150. The molecule has 3 aromatic heterocycles. The van der Waals surface area contributed by atoms with E-state index >= 15 is 0 Å². The van der Waals surface area contributed by atoms with Crippen LogP contribution < -0.4 is 5.43 Å². The minimum atomic E-state index is -0.206. The van der Waals surface area contributed by atoms with Crippen molar-refractivity contribution in [1.29, 1.82) is 0 Å². The molecular weight excluding hydrogens is 395 g/mol. The van der Waals surface area contributed by atoms with Crippen molar-refractivity contribution in [2.45, 2.75) is 20.0 Å². The Hall–Kier alpha value is -2.68. The van der Waals surface area contributed by atoms with Crippen LogP contribution in [-0.4, -0.2) is 21.3 Å². The van der Waals surface area contributed by atoms with Crippen molar-refractivity contribution < 1.29 is 9.50 Å². The number of aryl methyl sites for hydroxylation is 1. The number of aromatic nitrogens is 2. The van der Waals surface area contributed by atoms with Gasteiger partial charge in [0.1, 0.15) is 17.0 Å². The topological polar surface area (TPSA) is 70.4 Å². The molecule has 0 aliphatic carbocycles. The first kappa shape index (κ1) is 18.7. The fourth-order valence-electron chi connectivity index (χ4n) is 2.83. The zero-order valence-corrected chi connectivity index (χ0v) is 16.6. The summed E-state index contributed by atoms with van der Waals surface area (Å²) in [6.45, 7) is 2.01. The van der Waals surface area contributed by atoms with E-state index in [4.69, 9.17) is 0 Å². The number of hydrogen-bond acceptors (Lipinski definition) is 7. The summed E-state index contributed by atoms with van der Waals surface area (Å²) in [5.74, 6) is 0.399. The van der Waals surface area contributed by atoms with Crippen molar-refractivity contribution in [3.8, 4) is 0 Å². The van der Waals surface area contributed by atoms with Crippen LogP contribution in [0.1, 0.15) is 25.8 Å². The first-order valence-corrected chi connectivity index (χ1v) is 10.2. The summed E-state index contributed by atoms with van der Waals surface area (Å²) < 4.78 is 13.9. The van der Waals surface area contributed by atoms with Crippen molar-refractivity contribution in [2.24, 2.45) is 5.10 Å². The second-order valence-electron chi connectivity index (χ2n) is 6.21.